The van der Waals surface area contributed by atoms with Gasteiger partial charge in [0, 0.05) is 20.6 Å². The lowest BCUT2D eigenvalue weighted by Gasteiger charge is -2.02. The smallest absolute Gasteiger partial charge is 0.216 e. The minimum absolute atomic E-state index is 0.298. The molecule has 3 rings (SSSR count). The van der Waals surface area contributed by atoms with Crippen molar-refractivity contribution < 1.29 is 4.39 Å². The maximum atomic E-state index is 13.8. The largest absolute Gasteiger partial charge is 0.250 e. The highest BCUT2D eigenvalue weighted by atomic mass is 79.9. The fraction of sp³-hybridized carbons (Fsp3) is 0. The maximum Gasteiger partial charge on any atom is 0.216 e. The quantitative estimate of drug-likeness (QED) is 0.484. The van der Waals surface area contributed by atoms with Crippen molar-refractivity contribution in [2.45, 2.75) is 0 Å². The van der Waals surface area contributed by atoms with Crippen LogP contribution in [0.2, 0.25) is 5.02 Å². The van der Waals surface area contributed by atoms with Crippen LogP contribution in [0.3, 0.4) is 0 Å². The molecule has 0 aliphatic heterocycles. The Labute approximate surface area is 149 Å². The highest BCUT2D eigenvalue weighted by molar-refractivity contribution is 9.10. The molecule has 0 unspecified atom stereocenters. The molecule has 116 valence electrons. The van der Waals surface area contributed by atoms with Gasteiger partial charge in [0.2, 0.25) is 4.77 Å². The van der Waals surface area contributed by atoms with Crippen LogP contribution in [0.4, 0.5) is 4.39 Å². The number of aromatic amines is 1. The number of aromatic nitrogens is 3. The number of nitrogens with zero attached hydrogens (tertiary/aromatic N) is 3. The standard InChI is InChI=1S/C15H9BrClFN4S/c16-11-4-5-13(18)10(6-11)8-19-22-14(20-21-15(22)23)9-2-1-3-12(17)7-9/h1-8H,(H,21,23)/b19-8-. The van der Waals surface area contributed by atoms with Crippen molar-refractivity contribution in [3.8, 4) is 11.4 Å². The zero-order chi connectivity index (χ0) is 16.4. The predicted octanol–water partition coefficient (Wildman–Crippen LogP) is 5.04. The summed E-state index contributed by atoms with van der Waals surface area (Å²) in [4.78, 5) is 0. The number of H-pyrrole nitrogens is 1. The number of halogens is 3. The van der Waals surface area contributed by atoms with Crippen LogP contribution in [0.5, 0.6) is 0 Å². The van der Waals surface area contributed by atoms with Gasteiger partial charge in [-0.25, -0.2) is 9.49 Å². The van der Waals surface area contributed by atoms with Crippen LogP contribution in [0.15, 0.2) is 52.0 Å². The van der Waals surface area contributed by atoms with Crippen molar-refractivity contribution >= 4 is 46.0 Å². The number of nitrogens with one attached hydrogen (secondary N) is 1. The van der Waals surface area contributed by atoms with Gasteiger partial charge in [0.1, 0.15) is 5.82 Å². The lowest BCUT2D eigenvalue weighted by atomic mass is 10.2. The zero-order valence-corrected chi connectivity index (χ0v) is 14.7. The van der Waals surface area contributed by atoms with E-state index in [4.69, 9.17) is 23.8 Å². The molecule has 0 bridgehead atoms. The van der Waals surface area contributed by atoms with E-state index in [1.54, 1.807) is 30.3 Å². The Kier molecular flexibility index (Phi) is 4.70. The Balaban J connectivity index is 2.04. The first kappa shape index (κ1) is 16.0. The van der Waals surface area contributed by atoms with E-state index in [2.05, 4.69) is 31.2 Å². The minimum atomic E-state index is -0.378. The third-order valence-electron chi connectivity index (χ3n) is 3.00. The first-order valence-electron chi connectivity index (χ1n) is 6.47. The molecule has 1 N–H and O–H groups in total. The molecule has 3 aromatic rings. The topological polar surface area (TPSA) is 46.0 Å². The van der Waals surface area contributed by atoms with Gasteiger partial charge in [0.25, 0.3) is 0 Å². The van der Waals surface area contributed by atoms with E-state index in [1.165, 1.54) is 17.0 Å². The van der Waals surface area contributed by atoms with Crippen molar-refractivity contribution in [1.29, 1.82) is 0 Å². The number of benzene rings is 2. The van der Waals surface area contributed by atoms with Crippen LogP contribution in [-0.2, 0) is 0 Å². The lowest BCUT2D eigenvalue weighted by Crippen LogP contribution is -1.96. The van der Waals surface area contributed by atoms with Crippen LogP contribution in [0.1, 0.15) is 5.56 Å². The third kappa shape index (κ3) is 3.57. The van der Waals surface area contributed by atoms with Crippen LogP contribution in [0, 0.1) is 10.6 Å². The predicted molar refractivity (Wildman–Crippen MR) is 94.9 cm³/mol. The fourth-order valence-electron chi connectivity index (χ4n) is 1.95. The molecule has 0 radical (unpaired) electrons. The second kappa shape index (κ2) is 6.74. The molecule has 0 fully saturated rings. The number of hydrogen-bond donors (Lipinski definition) is 1. The minimum Gasteiger partial charge on any atom is -0.250 e. The summed E-state index contributed by atoms with van der Waals surface area (Å²) in [5, 5.41) is 11.6. The second-order valence-corrected chi connectivity index (χ2v) is 6.32. The van der Waals surface area contributed by atoms with E-state index >= 15 is 0 Å². The number of rotatable bonds is 3. The van der Waals surface area contributed by atoms with Gasteiger partial charge in [0.05, 0.1) is 6.21 Å². The second-order valence-electron chi connectivity index (χ2n) is 4.58. The first-order chi connectivity index (χ1) is 11.0. The Morgan fingerprint density at radius 1 is 1.30 bits per heavy atom. The summed E-state index contributed by atoms with van der Waals surface area (Å²) in [5.74, 6) is 0.112. The van der Waals surface area contributed by atoms with Crippen LogP contribution in [-0.4, -0.2) is 21.1 Å². The molecule has 2 aromatic carbocycles. The van der Waals surface area contributed by atoms with Gasteiger partial charge in [-0.2, -0.15) is 14.9 Å². The molecule has 23 heavy (non-hydrogen) atoms. The molecule has 0 aliphatic rings. The Morgan fingerprint density at radius 2 is 2.13 bits per heavy atom. The molecular weight excluding hydrogens is 403 g/mol. The summed E-state index contributed by atoms with van der Waals surface area (Å²) in [6, 6.07) is 11.8. The molecule has 8 heteroatoms. The normalized spacial score (nSPS) is 11.3. The average molecular weight is 412 g/mol. The van der Waals surface area contributed by atoms with Gasteiger partial charge in [-0.3, -0.25) is 0 Å². The molecule has 0 saturated carbocycles. The summed E-state index contributed by atoms with van der Waals surface area (Å²) in [5.41, 5.74) is 1.08. The molecule has 4 nitrogen and oxygen atoms in total. The van der Waals surface area contributed by atoms with Gasteiger partial charge < -0.3 is 0 Å². The number of hydrogen-bond acceptors (Lipinski definition) is 3. The SMILES string of the molecule is Fc1ccc(Br)cc1/C=N\n1c(-c2cccc(Cl)c2)n[nH]c1=S. The highest BCUT2D eigenvalue weighted by Crippen LogP contribution is 2.21. The van der Waals surface area contributed by atoms with Crippen molar-refractivity contribution in [3.63, 3.8) is 0 Å². The maximum absolute atomic E-state index is 13.8. The summed E-state index contributed by atoms with van der Waals surface area (Å²) < 4.78 is 16.3. The molecule has 1 aromatic heterocycles. The van der Waals surface area contributed by atoms with E-state index in [0.29, 0.717) is 21.2 Å². The summed E-state index contributed by atoms with van der Waals surface area (Å²) >= 11 is 14.5. The summed E-state index contributed by atoms with van der Waals surface area (Å²) in [7, 11) is 0. The Bertz CT molecular complexity index is 951. The highest BCUT2D eigenvalue weighted by Gasteiger charge is 2.09. The third-order valence-corrected chi connectivity index (χ3v) is 4.00. The van der Waals surface area contributed by atoms with Gasteiger partial charge in [-0.05, 0) is 42.5 Å². The Hall–Kier alpha value is -1.83. The van der Waals surface area contributed by atoms with Crippen molar-refractivity contribution in [1.82, 2.24) is 14.9 Å². The van der Waals surface area contributed by atoms with E-state index in [0.717, 1.165) is 10.0 Å². The fourth-order valence-corrected chi connectivity index (χ4v) is 2.70. The van der Waals surface area contributed by atoms with Gasteiger partial charge in [-0.15, -0.1) is 0 Å². The van der Waals surface area contributed by atoms with E-state index in [-0.39, 0.29) is 5.82 Å². The Morgan fingerprint density at radius 3 is 2.91 bits per heavy atom. The molecule has 0 saturated heterocycles. The molecule has 0 atom stereocenters. The van der Waals surface area contributed by atoms with E-state index < -0.39 is 0 Å². The van der Waals surface area contributed by atoms with Crippen molar-refractivity contribution in [2.75, 3.05) is 0 Å². The lowest BCUT2D eigenvalue weighted by molar-refractivity contribution is 0.625. The van der Waals surface area contributed by atoms with Crippen LogP contribution < -0.4 is 0 Å². The van der Waals surface area contributed by atoms with Gasteiger partial charge in [0.15, 0.2) is 5.82 Å². The summed E-state index contributed by atoms with van der Waals surface area (Å²) in [6.45, 7) is 0. The molecule has 0 spiro atoms. The molecule has 1 heterocycles. The van der Waals surface area contributed by atoms with Gasteiger partial charge in [-0.1, -0.05) is 39.7 Å². The molecular formula is C15H9BrClFN4S. The van der Waals surface area contributed by atoms with Crippen molar-refractivity contribution in [3.05, 3.63) is 68.1 Å². The van der Waals surface area contributed by atoms with E-state index in [9.17, 15) is 4.39 Å². The van der Waals surface area contributed by atoms with Crippen LogP contribution >= 0.6 is 39.7 Å². The van der Waals surface area contributed by atoms with E-state index in [1.807, 2.05) is 6.07 Å². The monoisotopic (exact) mass is 410 g/mol. The van der Waals surface area contributed by atoms with Crippen LogP contribution in [0.25, 0.3) is 11.4 Å². The molecule has 0 aliphatic carbocycles. The average Bonchev–Trinajstić information content (AvgIpc) is 2.89. The zero-order valence-electron chi connectivity index (χ0n) is 11.5. The van der Waals surface area contributed by atoms with Crippen molar-refractivity contribution in [2.24, 2.45) is 5.10 Å². The first-order valence-corrected chi connectivity index (χ1v) is 8.05. The van der Waals surface area contributed by atoms with Gasteiger partial charge >= 0.3 is 0 Å². The summed E-state index contributed by atoms with van der Waals surface area (Å²) in [6.07, 6.45) is 1.39. The molecule has 0 amide bonds.